The first-order chi connectivity index (χ1) is 13.9. The van der Waals surface area contributed by atoms with Crippen LogP contribution in [0.5, 0.6) is 5.75 Å². The molecule has 1 aliphatic heterocycles. The van der Waals surface area contributed by atoms with E-state index in [-0.39, 0.29) is 28.2 Å². The van der Waals surface area contributed by atoms with E-state index >= 15 is 0 Å². The zero-order chi connectivity index (χ0) is 20.6. The molecule has 1 saturated heterocycles. The summed E-state index contributed by atoms with van der Waals surface area (Å²) in [6, 6.07) is 10.4. The van der Waals surface area contributed by atoms with Crippen LogP contribution in [0.1, 0.15) is 12.8 Å². The van der Waals surface area contributed by atoms with E-state index in [1.807, 2.05) is 6.07 Å². The highest BCUT2D eigenvalue weighted by atomic mass is 35.5. The lowest BCUT2D eigenvalue weighted by molar-refractivity contribution is 0.264. The number of aromatic amines is 1. The van der Waals surface area contributed by atoms with E-state index < -0.39 is 9.84 Å². The molecule has 30 heavy (non-hydrogen) atoms. The van der Waals surface area contributed by atoms with E-state index in [2.05, 4.69) is 22.2 Å². The average Bonchev–Trinajstić information content (AvgIpc) is 3.15. The number of aromatic nitrogens is 1. The first-order valence-electron chi connectivity index (χ1n) is 9.53. The molecule has 6 nitrogen and oxygen atoms in total. The van der Waals surface area contributed by atoms with E-state index in [1.165, 1.54) is 6.20 Å². The second-order valence-corrected chi connectivity index (χ2v) is 9.76. The summed E-state index contributed by atoms with van der Waals surface area (Å²) in [7, 11) is -0.0683. The quantitative estimate of drug-likeness (QED) is 0.571. The normalized spacial score (nSPS) is 15.7. The van der Waals surface area contributed by atoms with Crippen molar-refractivity contribution in [3.63, 3.8) is 0 Å². The molecule has 2 N–H and O–H groups in total. The maximum atomic E-state index is 13.4. The number of fused-ring (bicyclic) bond motifs is 1. The maximum Gasteiger partial charge on any atom is 0.208 e. The summed E-state index contributed by atoms with van der Waals surface area (Å²) in [4.78, 5) is 5.74. The van der Waals surface area contributed by atoms with Gasteiger partial charge in [-0.15, -0.1) is 12.4 Å². The molecule has 1 aliphatic rings. The second kappa shape index (κ2) is 9.06. The lowest BCUT2D eigenvalue weighted by atomic mass is 10.1. The molecule has 0 spiro atoms. The van der Waals surface area contributed by atoms with Gasteiger partial charge >= 0.3 is 0 Å². The second-order valence-electron chi connectivity index (χ2n) is 7.43. The van der Waals surface area contributed by atoms with Crippen LogP contribution >= 0.6 is 24.0 Å². The first-order valence-corrected chi connectivity index (χ1v) is 11.4. The zero-order valence-corrected chi connectivity index (χ0v) is 19.2. The number of ether oxygens (including phenoxy) is 1. The minimum atomic E-state index is -3.73. The van der Waals surface area contributed by atoms with Crippen molar-refractivity contribution in [1.29, 1.82) is 0 Å². The Morgan fingerprint density at radius 1 is 1.17 bits per heavy atom. The minimum Gasteiger partial charge on any atom is -0.497 e. The number of anilines is 1. The Morgan fingerprint density at radius 3 is 2.60 bits per heavy atom. The molecule has 0 atom stereocenters. The highest BCUT2D eigenvalue weighted by molar-refractivity contribution is 7.91. The molecule has 9 heteroatoms. The van der Waals surface area contributed by atoms with E-state index in [0.29, 0.717) is 21.8 Å². The minimum absolute atomic E-state index is 0. The molecule has 2 heterocycles. The molecule has 162 valence electrons. The van der Waals surface area contributed by atoms with Gasteiger partial charge in [-0.2, -0.15) is 0 Å². The summed E-state index contributed by atoms with van der Waals surface area (Å²) in [5, 5.41) is 4.55. The van der Waals surface area contributed by atoms with E-state index in [1.54, 1.807) is 37.4 Å². The van der Waals surface area contributed by atoms with Crippen LogP contribution < -0.4 is 10.1 Å². The van der Waals surface area contributed by atoms with Crippen molar-refractivity contribution in [3.05, 3.63) is 47.6 Å². The monoisotopic (exact) mass is 469 g/mol. The standard InChI is InChI=1S/C21H24ClN3O3S.ClH/c1-25-9-7-14(8-10-25)24-20-12-16(4-5-18(20)22)29(26,27)21-13-23-19-6-3-15(28-2)11-17(19)21;/h3-6,11-14,23-24H,7-10H2,1-2H3;1H. The predicted octanol–water partition coefficient (Wildman–Crippen LogP) is 4.59. The third kappa shape index (κ3) is 4.39. The van der Waals surface area contributed by atoms with Gasteiger partial charge in [-0.25, -0.2) is 8.42 Å². The topological polar surface area (TPSA) is 74.4 Å². The number of rotatable bonds is 5. The van der Waals surface area contributed by atoms with Gasteiger partial charge in [0.2, 0.25) is 9.84 Å². The number of nitrogens with zero attached hydrogens (tertiary/aromatic N) is 1. The highest BCUT2D eigenvalue weighted by Crippen LogP contribution is 2.34. The third-order valence-electron chi connectivity index (χ3n) is 5.47. The van der Waals surface area contributed by atoms with Crippen molar-refractivity contribution in [2.24, 2.45) is 0 Å². The van der Waals surface area contributed by atoms with Crippen LogP contribution in [0, 0.1) is 0 Å². The summed E-state index contributed by atoms with van der Waals surface area (Å²) in [5.41, 5.74) is 1.39. The number of methoxy groups -OCH3 is 1. The Labute approximate surface area is 187 Å². The molecule has 0 aliphatic carbocycles. The Balaban J connectivity index is 0.00000256. The number of halogens is 2. The molecule has 3 aromatic rings. The SMILES string of the molecule is COc1ccc2[nH]cc(S(=O)(=O)c3ccc(Cl)c(NC4CCN(C)CC4)c3)c2c1.Cl. The van der Waals surface area contributed by atoms with Crippen molar-refractivity contribution in [3.8, 4) is 5.75 Å². The average molecular weight is 470 g/mol. The molecule has 0 unspecified atom stereocenters. The van der Waals surface area contributed by atoms with Crippen LogP contribution in [-0.2, 0) is 9.84 Å². The summed E-state index contributed by atoms with van der Waals surface area (Å²) >= 11 is 6.36. The summed E-state index contributed by atoms with van der Waals surface area (Å²) in [6.07, 6.45) is 3.51. The van der Waals surface area contributed by atoms with Crippen LogP contribution in [-0.4, -0.2) is 51.6 Å². The van der Waals surface area contributed by atoms with Gasteiger partial charge in [0.15, 0.2) is 0 Å². The summed E-state index contributed by atoms with van der Waals surface area (Å²) < 4.78 is 32.0. The van der Waals surface area contributed by atoms with E-state index in [0.717, 1.165) is 31.4 Å². The molecule has 0 saturated carbocycles. The van der Waals surface area contributed by atoms with E-state index in [9.17, 15) is 8.42 Å². The number of sulfone groups is 1. The molecule has 0 amide bonds. The predicted molar refractivity (Wildman–Crippen MR) is 123 cm³/mol. The number of benzene rings is 2. The van der Waals surface area contributed by atoms with Gasteiger partial charge in [0, 0.05) is 23.1 Å². The number of hydrogen-bond acceptors (Lipinski definition) is 5. The van der Waals surface area contributed by atoms with Crippen molar-refractivity contribution < 1.29 is 13.2 Å². The van der Waals surface area contributed by atoms with Gasteiger partial charge in [0.25, 0.3) is 0 Å². The number of nitrogens with one attached hydrogen (secondary N) is 2. The fraction of sp³-hybridized carbons (Fsp3) is 0.333. The Hall–Kier alpha value is -1.93. The van der Waals surface area contributed by atoms with Crippen LogP contribution in [0.4, 0.5) is 5.69 Å². The van der Waals surface area contributed by atoms with Gasteiger partial charge in [-0.1, -0.05) is 11.6 Å². The van der Waals surface area contributed by atoms with Crippen LogP contribution in [0.15, 0.2) is 52.4 Å². The number of likely N-dealkylation sites (tertiary alicyclic amines) is 1. The zero-order valence-electron chi connectivity index (χ0n) is 16.8. The van der Waals surface area contributed by atoms with Gasteiger partial charge in [0.05, 0.1) is 27.6 Å². The van der Waals surface area contributed by atoms with Crippen molar-refractivity contribution in [2.75, 3.05) is 32.6 Å². The molecule has 2 aromatic carbocycles. The van der Waals surface area contributed by atoms with Crippen molar-refractivity contribution in [1.82, 2.24) is 9.88 Å². The maximum absolute atomic E-state index is 13.4. The summed E-state index contributed by atoms with van der Waals surface area (Å²) in [6.45, 7) is 2.01. The van der Waals surface area contributed by atoms with Gasteiger partial charge in [-0.3, -0.25) is 0 Å². The molecule has 4 rings (SSSR count). The van der Waals surface area contributed by atoms with Gasteiger partial charge in [0.1, 0.15) is 5.75 Å². The molecular weight excluding hydrogens is 445 g/mol. The molecule has 0 bridgehead atoms. The fourth-order valence-corrected chi connectivity index (χ4v) is 5.32. The highest BCUT2D eigenvalue weighted by Gasteiger charge is 2.24. The number of piperidine rings is 1. The van der Waals surface area contributed by atoms with Gasteiger partial charge in [-0.05, 0) is 69.4 Å². The largest absolute Gasteiger partial charge is 0.497 e. The van der Waals surface area contributed by atoms with E-state index in [4.69, 9.17) is 16.3 Å². The smallest absolute Gasteiger partial charge is 0.208 e. The van der Waals surface area contributed by atoms with Crippen LogP contribution in [0.25, 0.3) is 10.9 Å². The number of H-pyrrole nitrogens is 1. The van der Waals surface area contributed by atoms with Gasteiger partial charge < -0.3 is 19.9 Å². The molecular formula is C21H25Cl2N3O3S. The van der Waals surface area contributed by atoms with Crippen LogP contribution in [0.3, 0.4) is 0 Å². The molecule has 1 aromatic heterocycles. The van der Waals surface area contributed by atoms with Crippen LogP contribution in [0.2, 0.25) is 5.02 Å². The Bertz CT molecular complexity index is 1140. The Morgan fingerprint density at radius 2 is 1.90 bits per heavy atom. The third-order valence-corrected chi connectivity index (χ3v) is 7.59. The fourth-order valence-electron chi connectivity index (χ4n) is 3.71. The molecule has 0 radical (unpaired) electrons. The lowest BCUT2D eigenvalue weighted by Gasteiger charge is -2.30. The first kappa shape index (κ1) is 22.7. The Kier molecular flexibility index (Phi) is 6.87. The molecule has 1 fully saturated rings. The summed E-state index contributed by atoms with van der Waals surface area (Å²) in [5.74, 6) is 0.606. The van der Waals surface area contributed by atoms with Crippen molar-refractivity contribution in [2.45, 2.75) is 28.7 Å². The number of hydrogen-bond donors (Lipinski definition) is 2. The van der Waals surface area contributed by atoms with Crippen molar-refractivity contribution >= 4 is 50.4 Å². The lowest BCUT2D eigenvalue weighted by Crippen LogP contribution is -2.36.